The third-order valence-corrected chi connectivity index (χ3v) is 5.67. The van der Waals surface area contributed by atoms with E-state index >= 15 is 0 Å². The van der Waals surface area contributed by atoms with E-state index in [1.165, 1.54) is 0 Å². The lowest BCUT2D eigenvalue weighted by Crippen LogP contribution is -2.39. The van der Waals surface area contributed by atoms with Crippen LogP contribution in [0.4, 0.5) is 5.82 Å². The van der Waals surface area contributed by atoms with Gasteiger partial charge in [0.25, 0.3) is 0 Å². The van der Waals surface area contributed by atoms with Gasteiger partial charge < -0.3 is 19.1 Å². The van der Waals surface area contributed by atoms with Gasteiger partial charge in [-0.15, -0.1) is 0 Å². The Morgan fingerprint density at radius 1 is 0.903 bits per heavy atom. The van der Waals surface area contributed by atoms with Crippen LogP contribution in [0.3, 0.4) is 0 Å². The Morgan fingerprint density at radius 3 is 2.23 bits per heavy atom. The molecule has 7 heteroatoms. The normalized spacial score (nSPS) is 14.4. The molecule has 2 aromatic heterocycles. The summed E-state index contributed by atoms with van der Waals surface area (Å²) in [5, 5.41) is 0. The molecule has 0 N–H and O–H groups in total. The van der Waals surface area contributed by atoms with E-state index in [0.717, 1.165) is 48.7 Å². The van der Waals surface area contributed by atoms with Crippen molar-refractivity contribution in [2.45, 2.75) is 32.8 Å². The van der Waals surface area contributed by atoms with Crippen LogP contribution in [0.2, 0.25) is 0 Å². The highest BCUT2D eigenvalue weighted by molar-refractivity contribution is 5.57. The summed E-state index contributed by atoms with van der Waals surface area (Å²) in [5.41, 5.74) is 2.86. The van der Waals surface area contributed by atoms with E-state index in [4.69, 9.17) is 19.2 Å². The molecule has 1 aliphatic heterocycles. The molecule has 3 heterocycles. The van der Waals surface area contributed by atoms with E-state index < -0.39 is 0 Å². The van der Waals surface area contributed by atoms with Gasteiger partial charge in [0.15, 0.2) is 17.3 Å². The van der Waals surface area contributed by atoms with E-state index in [2.05, 4.69) is 21.8 Å². The lowest BCUT2D eigenvalue weighted by atomic mass is 10.1. The number of aromatic nitrogens is 3. The quantitative estimate of drug-likeness (QED) is 0.591. The van der Waals surface area contributed by atoms with Crippen LogP contribution in [-0.2, 0) is 0 Å². The molecule has 4 rings (SSSR count). The second kappa shape index (κ2) is 9.20. The van der Waals surface area contributed by atoms with Crippen LogP contribution < -0.4 is 19.1 Å². The van der Waals surface area contributed by atoms with Crippen LogP contribution in [0.15, 0.2) is 42.6 Å². The van der Waals surface area contributed by atoms with Crippen LogP contribution in [0, 0.1) is 13.8 Å². The zero-order valence-electron chi connectivity index (χ0n) is 18.5. The van der Waals surface area contributed by atoms with Crippen molar-refractivity contribution < 1.29 is 14.2 Å². The maximum atomic E-state index is 6.31. The topological polar surface area (TPSA) is 69.6 Å². The first-order chi connectivity index (χ1) is 15.1. The molecule has 1 saturated heterocycles. The van der Waals surface area contributed by atoms with Crippen molar-refractivity contribution in [3.05, 3.63) is 53.9 Å². The standard InChI is InChI=1S/C24H28N4O3/c1-16-17(2)26-23(19-8-5-6-13-25-19)27-24(16)28-14-11-18(12-15-28)31-22-20(29-3)9-7-10-21(22)30-4/h5-10,13,18H,11-12,14-15H2,1-4H3. The van der Waals surface area contributed by atoms with Crippen LogP contribution in [0.1, 0.15) is 24.1 Å². The van der Waals surface area contributed by atoms with E-state index in [0.29, 0.717) is 23.1 Å². The Labute approximate surface area is 183 Å². The largest absolute Gasteiger partial charge is 0.493 e. The van der Waals surface area contributed by atoms with E-state index in [9.17, 15) is 0 Å². The fraction of sp³-hybridized carbons (Fsp3) is 0.375. The number of benzene rings is 1. The third-order valence-electron chi connectivity index (χ3n) is 5.67. The highest BCUT2D eigenvalue weighted by Crippen LogP contribution is 2.38. The fourth-order valence-electron chi connectivity index (χ4n) is 3.82. The Kier molecular flexibility index (Phi) is 6.21. The second-order valence-electron chi connectivity index (χ2n) is 7.59. The zero-order chi connectivity index (χ0) is 21.8. The predicted octanol–water partition coefficient (Wildman–Crippen LogP) is 4.22. The van der Waals surface area contributed by atoms with Gasteiger partial charge in [-0.2, -0.15) is 0 Å². The van der Waals surface area contributed by atoms with Crippen LogP contribution in [-0.4, -0.2) is 48.4 Å². The first-order valence-electron chi connectivity index (χ1n) is 10.5. The molecule has 0 unspecified atom stereocenters. The molecular weight excluding hydrogens is 392 g/mol. The number of ether oxygens (including phenoxy) is 3. The van der Waals surface area contributed by atoms with Gasteiger partial charge in [-0.3, -0.25) is 4.98 Å². The Hall–Kier alpha value is -3.35. The zero-order valence-corrected chi connectivity index (χ0v) is 18.5. The smallest absolute Gasteiger partial charge is 0.203 e. The summed E-state index contributed by atoms with van der Waals surface area (Å²) in [4.78, 5) is 16.2. The molecule has 1 fully saturated rings. The number of para-hydroxylation sites is 1. The summed E-state index contributed by atoms with van der Waals surface area (Å²) >= 11 is 0. The fourth-order valence-corrected chi connectivity index (χ4v) is 3.82. The molecule has 1 aromatic carbocycles. The number of nitrogens with zero attached hydrogens (tertiary/aromatic N) is 4. The Bertz CT molecular complexity index is 1010. The summed E-state index contributed by atoms with van der Waals surface area (Å²) in [6, 6.07) is 11.5. The van der Waals surface area contributed by atoms with Gasteiger partial charge in [-0.05, 0) is 38.1 Å². The summed E-state index contributed by atoms with van der Waals surface area (Å²) in [6.45, 7) is 5.80. The summed E-state index contributed by atoms with van der Waals surface area (Å²) in [6.07, 6.45) is 3.60. The van der Waals surface area contributed by atoms with Gasteiger partial charge in [-0.1, -0.05) is 12.1 Å². The van der Waals surface area contributed by atoms with Crippen molar-refractivity contribution in [3.8, 4) is 28.8 Å². The Balaban J connectivity index is 1.50. The van der Waals surface area contributed by atoms with E-state index in [1.807, 2.05) is 43.3 Å². The minimum atomic E-state index is 0.0833. The second-order valence-corrected chi connectivity index (χ2v) is 7.59. The lowest BCUT2D eigenvalue weighted by Gasteiger charge is -2.34. The summed E-state index contributed by atoms with van der Waals surface area (Å²) in [7, 11) is 3.28. The molecule has 3 aromatic rings. The first-order valence-corrected chi connectivity index (χ1v) is 10.5. The van der Waals surface area contributed by atoms with Gasteiger partial charge in [-0.25, -0.2) is 9.97 Å². The maximum absolute atomic E-state index is 6.31. The number of methoxy groups -OCH3 is 2. The van der Waals surface area contributed by atoms with Crippen molar-refractivity contribution in [2.75, 3.05) is 32.2 Å². The number of hydrogen-bond acceptors (Lipinski definition) is 7. The number of pyridine rings is 1. The van der Waals surface area contributed by atoms with E-state index in [-0.39, 0.29) is 6.10 Å². The van der Waals surface area contributed by atoms with Crippen LogP contribution in [0.25, 0.3) is 11.5 Å². The molecule has 0 amide bonds. The highest BCUT2D eigenvalue weighted by atomic mass is 16.5. The maximum Gasteiger partial charge on any atom is 0.203 e. The van der Waals surface area contributed by atoms with Crippen molar-refractivity contribution >= 4 is 5.82 Å². The van der Waals surface area contributed by atoms with Gasteiger partial charge in [0.1, 0.15) is 17.6 Å². The number of rotatable bonds is 6. The molecule has 0 aliphatic carbocycles. The summed E-state index contributed by atoms with van der Waals surface area (Å²) < 4.78 is 17.2. The Morgan fingerprint density at radius 2 is 1.61 bits per heavy atom. The minimum Gasteiger partial charge on any atom is -0.493 e. The molecule has 31 heavy (non-hydrogen) atoms. The number of hydrogen-bond donors (Lipinski definition) is 0. The molecule has 1 aliphatic rings. The van der Waals surface area contributed by atoms with Gasteiger partial charge in [0.05, 0.1) is 14.2 Å². The number of aryl methyl sites for hydroxylation is 1. The van der Waals surface area contributed by atoms with Gasteiger partial charge >= 0.3 is 0 Å². The molecular formula is C24H28N4O3. The van der Waals surface area contributed by atoms with Crippen LogP contribution in [0.5, 0.6) is 17.2 Å². The monoisotopic (exact) mass is 420 g/mol. The van der Waals surface area contributed by atoms with Crippen LogP contribution >= 0.6 is 0 Å². The molecule has 0 saturated carbocycles. The number of anilines is 1. The highest BCUT2D eigenvalue weighted by Gasteiger charge is 2.26. The molecule has 0 atom stereocenters. The average Bonchev–Trinajstić information content (AvgIpc) is 2.82. The molecule has 0 bridgehead atoms. The molecule has 0 spiro atoms. The van der Waals surface area contributed by atoms with Crippen molar-refractivity contribution in [1.82, 2.24) is 15.0 Å². The summed E-state index contributed by atoms with van der Waals surface area (Å²) in [5.74, 6) is 3.67. The SMILES string of the molecule is COc1cccc(OC)c1OC1CCN(c2nc(-c3ccccn3)nc(C)c2C)CC1. The molecule has 7 nitrogen and oxygen atoms in total. The third kappa shape index (κ3) is 4.40. The van der Waals surface area contributed by atoms with Gasteiger partial charge in [0.2, 0.25) is 5.75 Å². The van der Waals surface area contributed by atoms with E-state index in [1.54, 1.807) is 20.4 Å². The first kappa shape index (κ1) is 20.9. The molecule has 0 radical (unpaired) electrons. The average molecular weight is 421 g/mol. The van der Waals surface area contributed by atoms with Gasteiger partial charge in [0, 0.05) is 43.4 Å². The van der Waals surface area contributed by atoms with Crippen molar-refractivity contribution in [2.24, 2.45) is 0 Å². The lowest BCUT2D eigenvalue weighted by molar-refractivity contribution is 0.158. The van der Waals surface area contributed by atoms with Crippen molar-refractivity contribution in [1.29, 1.82) is 0 Å². The minimum absolute atomic E-state index is 0.0833. The molecule has 162 valence electrons. The predicted molar refractivity (Wildman–Crippen MR) is 120 cm³/mol. The number of piperidine rings is 1. The van der Waals surface area contributed by atoms with Crippen molar-refractivity contribution in [3.63, 3.8) is 0 Å².